The molecule has 0 radical (unpaired) electrons. The van der Waals surface area contributed by atoms with Crippen molar-refractivity contribution in [3.8, 4) is 5.75 Å². The van der Waals surface area contributed by atoms with Crippen molar-refractivity contribution in [2.24, 2.45) is 17.9 Å². The molecule has 9 nitrogen and oxygen atoms in total. The Hall–Kier alpha value is -2.79. The van der Waals surface area contributed by atoms with Gasteiger partial charge in [0.25, 0.3) is 0 Å². The number of amides is 2. The number of aromatic nitrogens is 5. The first kappa shape index (κ1) is 21.5. The number of aryl methyl sites for hydroxylation is 1. The number of alkyl halides is 3. The smallest absolute Gasteiger partial charge is 0.436 e. The molecule has 2 amide bonds. The third-order valence-electron chi connectivity index (χ3n) is 8.61. The topological polar surface area (TPSA) is 81.3 Å². The SMILES string of the molecule is Cn1ncc(OC2CC3(C2)CN(C(=O)N2CC4(CC(n5cnc(C6CC6)n5)C4)C2)C3)c1C(F)(F)F. The molecule has 2 spiro atoms. The molecule has 0 aromatic carbocycles. The van der Waals surface area contributed by atoms with Crippen LogP contribution in [0.25, 0.3) is 0 Å². The highest BCUT2D eigenvalue weighted by molar-refractivity contribution is 5.77. The van der Waals surface area contributed by atoms with Crippen LogP contribution in [0.3, 0.4) is 0 Å². The van der Waals surface area contributed by atoms with Gasteiger partial charge in [0.2, 0.25) is 0 Å². The van der Waals surface area contributed by atoms with E-state index in [0.717, 1.165) is 42.6 Å². The Balaban J connectivity index is 0.862. The van der Waals surface area contributed by atoms with E-state index in [-0.39, 0.29) is 28.7 Å². The van der Waals surface area contributed by atoms with Gasteiger partial charge in [-0.25, -0.2) is 14.5 Å². The number of carbonyl (C=O) groups is 1. The molecule has 2 saturated heterocycles. The van der Waals surface area contributed by atoms with Crippen LogP contribution in [0.1, 0.15) is 62.0 Å². The third-order valence-corrected chi connectivity index (χ3v) is 8.61. The average molecular weight is 492 g/mol. The predicted octanol–water partition coefficient (Wildman–Crippen LogP) is 3.21. The zero-order chi connectivity index (χ0) is 24.2. The van der Waals surface area contributed by atoms with Gasteiger partial charge in [-0.05, 0) is 38.5 Å². The van der Waals surface area contributed by atoms with Crippen LogP contribution in [-0.4, -0.2) is 72.7 Å². The maximum Gasteiger partial charge on any atom is 0.436 e. The molecule has 2 aromatic heterocycles. The molecule has 0 N–H and O–H groups in total. The van der Waals surface area contributed by atoms with Gasteiger partial charge >= 0.3 is 12.2 Å². The molecular weight excluding hydrogens is 463 g/mol. The van der Waals surface area contributed by atoms with E-state index in [1.165, 1.54) is 19.9 Å². The molecule has 5 fully saturated rings. The Morgan fingerprint density at radius 2 is 1.69 bits per heavy atom. The lowest BCUT2D eigenvalue weighted by atomic mass is 9.60. The second kappa shape index (κ2) is 6.91. The molecule has 3 saturated carbocycles. The zero-order valence-electron chi connectivity index (χ0n) is 19.5. The summed E-state index contributed by atoms with van der Waals surface area (Å²) in [6, 6.07) is 0.474. The lowest BCUT2D eigenvalue weighted by Gasteiger charge is -2.63. The first-order valence-corrected chi connectivity index (χ1v) is 12.3. The Bertz CT molecular complexity index is 1160. The largest absolute Gasteiger partial charge is 0.486 e. The van der Waals surface area contributed by atoms with Crippen molar-refractivity contribution in [1.82, 2.24) is 34.3 Å². The molecule has 4 heterocycles. The Labute approximate surface area is 200 Å². The number of nitrogens with zero attached hydrogens (tertiary/aromatic N) is 7. The highest BCUT2D eigenvalue weighted by Gasteiger charge is 2.59. The van der Waals surface area contributed by atoms with Crippen molar-refractivity contribution in [2.45, 2.75) is 62.8 Å². The van der Waals surface area contributed by atoms with Crippen LogP contribution in [0.2, 0.25) is 0 Å². The Morgan fingerprint density at radius 1 is 1.06 bits per heavy atom. The van der Waals surface area contributed by atoms with Crippen molar-refractivity contribution >= 4 is 6.03 Å². The van der Waals surface area contributed by atoms with Crippen molar-refractivity contribution in [2.75, 3.05) is 26.2 Å². The number of hydrogen-bond donors (Lipinski definition) is 0. The molecule has 5 aliphatic rings. The van der Waals surface area contributed by atoms with Crippen LogP contribution in [-0.2, 0) is 13.2 Å². The lowest BCUT2D eigenvalue weighted by molar-refractivity contribution is -0.148. The summed E-state index contributed by atoms with van der Waals surface area (Å²) in [6.45, 7) is 2.89. The van der Waals surface area contributed by atoms with Crippen LogP contribution in [0.5, 0.6) is 5.75 Å². The van der Waals surface area contributed by atoms with Gasteiger partial charge in [-0.15, -0.1) is 0 Å². The molecular formula is C23H28F3N7O2. The maximum atomic E-state index is 13.2. The summed E-state index contributed by atoms with van der Waals surface area (Å²) in [4.78, 5) is 21.1. The molecule has 3 aliphatic carbocycles. The summed E-state index contributed by atoms with van der Waals surface area (Å²) < 4.78 is 48.1. The minimum Gasteiger partial charge on any atom is -0.486 e. The van der Waals surface area contributed by atoms with E-state index >= 15 is 0 Å². The molecule has 0 unspecified atom stereocenters. The summed E-state index contributed by atoms with van der Waals surface area (Å²) in [5.74, 6) is 1.33. The fourth-order valence-corrected chi connectivity index (χ4v) is 6.63. The fraction of sp³-hybridized carbons (Fsp3) is 0.739. The number of halogens is 3. The zero-order valence-corrected chi connectivity index (χ0v) is 19.5. The number of hydrogen-bond acceptors (Lipinski definition) is 5. The predicted molar refractivity (Wildman–Crippen MR) is 116 cm³/mol. The fourth-order valence-electron chi connectivity index (χ4n) is 6.63. The molecule has 0 atom stereocenters. The summed E-state index contributed by atoms with van der Waals surface area (Å²) in [5, 5.41) is 8.35. The van der Waals surface area contributed by atoms with E-state index in [4.69, 9.17) is 4.74 Å². The van der Waals surface area contributed by atoms with Gasteiger partial charge in [-0.2, -0.15) is 23.4 Å². The molecule has 188 valence electrons. The van der Waals surface area contributed by atoms with Gasteiger partial charge < -0.3 is 14.5 Å². The number of carbonyl (C=O) groups excluding carboxylic acids is 1. The Morgan fingerprint density at radius 3 is 2.29 bits per heavy atom. The van der Waals surface area contributed by atoms with E-state index in [0.29, 0.717) is 37.9 Å². The van der Waals surface area contributed by atoms with Gasteiger partial charge in [0.1, 0.15) is 12.4 Å². The van der Waals surface area contributed by atoms with Gasteiger partial charge in [-0.3, -0.25) is 4.68 Å². The first-order chi connectivity index (χ1) is 16.6. The first-order valence-electron chi connectivity index (χ1n) is 12.3. The third kappa shape index (κ3) is 3.42. The number of urea groups is 1. The van der Waals surface area contributed by atoms with E-state index < -0.39 is 11.9 Å². The minimum atomic E-state index is -4.51. The van der Waals surface area contributed by atoms with Crippen LogP contribution < -0.4 is 4.74 Å². The molecule has 0 bridgehead atoms. The monoisotopic (exact) mass is 491 g/mol. The van der Waals surface area contributed by atoms with Crippen LogP contribution in [0.4, 0.5) is 18.0 Å². The number of rotatable bonds is 4. The highest BCUT2D eigenvalue weighted by atomic mass is 19.4. The molecule has 7 rings (SSSR count). The van der Waals surface area contributed by atoms with Crippen molar-refractivity contribution in [3.63, 3.8) is 0 Å². The lowest BCUT2D eigenvalue weighted by Crippen LogP contribution is -2.71. The Kier molecular flexibility index (Phi) is 4.24. The van der Waals surface area contributed by atoms with Gasteiger partial charge in [0.15, 0.2) is 17.3 Å². The van der Waals surface area contributed by atoms with E-state index in [1.54, 1.807) is 0 Å². The quantitative estimate of drug-likeness (QED) is 0.656. The van der Waals surface area contributed by atoms with E-state index in [9.17, 15) is 18.0 Å². The molecule has 2 aromatic rings. The summed E-state index contributed by atoms with van der Waals surface area (Å²) in [6.07, 6.45) is 4.02. The van der Waals surface area contributed by atoms with Crippen molar-refractivity contribution in [1.29, 1.82) is 0 Å². The van der Waals surface area contributed by atoms with Crippen LogP contribution in [0.15, 0.2) is 12.5 Å². The number of ether oxygens (including phenoxy) is 1. The van der Waals surface area contributed by atoms with Crippen LogP contribution in [0, 0.1) is 10.8 Å². The second-order valence-corrected chi connectivity index (χ2v) is 11.5. The molecule has 12 heteroatoms. The summed E-state index contributed by atoms with van der Waals surface area (Å²) >= 11 is 0. The second-order valence-electron chi connectivity index (χ2n) is 11.5. The number of likely N-dealkylation sites (tertiary alicyclic amines) is 2. The highest BCUT2D eigenvalue weighted by Crippen LogP contribution is 2.55. The average Bonchev–Trinajstić information content (AvgIpc) is 3.28. The van der Waals surface area contributed by atoms with Gasteiger partial charge in [-0.1, -0.05) is 0 Å². The van der Waals surface area contributed by atoms with Gasteiger partial charge in [0, 0.05) is 50.0 Å². The van der Waals surface area contributed by atoms with Crippen molar-refractivity contribution in [3.05, 3.63) is 24.0 Å². The van der Waals surface area contributed by atoms with E-state index in [1.807, 2.05) is 20.8 Å². The van der Waals surface area contributed by atoms with Crippen LogP contribution >= 0.6 is 0 Å². The molecule has 35 heavy (non-hydrogen) atoms. The standard InChI is InChI=1S/C23H28F3N7O2/c1-30-18(23(24,25)26)17(8-28-30)35-16-6-22(7-16)11-32(12-22)20(34)31-9-21(10-31)4-15(5-21)33-13-27-19(29-33)14-2-3-14/h8,13-16H,2-7,9-12H2,1H3. The van der Waals surface area contributed by atoms with E-state index in [2.05, 4.69) is 15.2 Å². The molecule has 2 aliphatic heterocycles. The summed E-state index contributed by atoms with van der Waals surface area (Å²) in [7, 11) is 1.26. The maximum absolute atomic E-state index is 13.2. The van der Waals surface area contributed by atoms with Gasteiger partial charge in [0.05, 0.1) is 12.2 Å². The van der Waals surface area contributed by atoms with Crippen molar-refractivity contribution < 1.29 is 22.7 Å². The minimum absolute atomic E-state index is 0.0165. The summed E-state index contributed by atoms with van der Waals surface area (Å²) in [5.41, 5.74) is -0.651. The normalized spacial score (nSPS) is 25.3.